The Morgan fingerprint density at radius 1 is 1.04 bits per heavy atom. The second-order valence-electron chi connectivity index (χ2n) is 8.13. The SMILES string of the molecule is O=C1CCC(N2C(=O)c3ccc(CN4CCC5CNC5C4)cc3C2=O)C(=O)N1. The molecule has 4 heterocycles. The number of carbonyl (C=O) groups is 4. The number of benzene rings is 1. The monoisotopic (exact) mass is 382 g/mol. The van der Waals surface area contributed by atoms with Gasteiger partial charge >= 0.3 is 0 Å². The molecule has 0 aliphatic carbocycles. The number of nitrogens with one attached hydrogen (secondary N) is 2. The topological polar surface area (TPSA) is 98.8 Å². The van der Waals surface area contributed by atoms with E-state index in [0.717, 1.165) is 42.6 Å². The Morgan fingerprint density at radius 2 is 1.86 bits per heavy atom. The summed E-state index contributed by atoms with van der Waals surface area (Å²) in [6.45, 7) is 3.88. The van der Waals surface area contributed by atoms with Gasteiger partial charge in [-0.05, 0) is 49.5 Å². The second-order valence-corrected chi connectivity index (χ2v) is 8.13. The summed E-state index contributed by atoms with van der Waals surface area (Å²) in [5.41, 5.74) is 1.67. The van der Waals surface area contributed by atoms with Crippen LogP contribution in [0.1, 0.15) is 45.5 Å². The molecule has 1 aromatic rings. The van der Waals surface area contributed by atoms with Crippen molar-refractivity contribution in [2.24, 2.45) is 5.92 Å². The summed E-state index contributed by atoms with van der Waals surface area (Å²) in [7, 11) is 0. The number of hydrogen-bond donors (Lipinski definition) is 2. The minimum Gasteiger partial charge on any atom is -0.312 e. The fourth-order valence-corrected chi connectivity index (χ4v) is 4.70. The van der Waals surface area contributed by atoms with E-state index in [1.54, 1.807) is 12.1 Å². The summed E-state index contributed by atoms with van der Waals surface area (Å²) in [6, 6.07) is 5.00. The number of hydrogen-bond acceptors (Lipinski definition) is 6. The molecule has 0 saturated carbocycles. The van der Waals surface area contributed by atoms with Crippen molar-refractivity contribution in [3.05, 3.63) is 34.9 Å². The lowest BCUT2D eigenvalue weighted by Gasteiger charge is -2.46. The van der Waals surface area contributed by atoms with Crippen molar-refractivity contribution < 1.29 is 19.2 Å². The van der Waals surface area contributed by atoms with E-state index in [1.165, 1.54) is 6.42 Å². The average molecular weight is 382 g/mol. The van der Waals surface area contributed by atoms with Crippen molar-refractivity contribution in [1.82, 2.24) is 20.4 Å². The van der Waals surface area contributed by atoms with E-state index >= 15 is 0 Å². The van der Waals surface area contributed by atoms with Crippen molar-refractivity contribution in [3.63, 3.8) is 0 Å². The van der Waals surface area contributed by atoms with Crippen LogP contribution in [0, 0.1) is 5.92 Å². The zero-order valence-electron chi connectivity index (χ0n) is 15.4. The van der Waals surface area contributed by atoms with Gasteiger partial charge in [0.15, 0.2) is 0 Å². The standard InChI is InChI=1S/C20H22N4O4/c25-17-4-3-16(18(26)22-17)24-19(27)13-2-1-11(7-14(13)20(24)28)9-23-6-5-12-8-21-15(12)10-23/h1-2,7,12,15-16,21H,3-6,8-10H2,(H,22,25,26). The molecule has 3 saturated heterocycles. The minimum absolute atomic E-state index is 0.125. The largest absolute Gasteiger partial charge is 0.312 e. The molecule has 146 valence electrons. The van der Waals surface area contributed by atoms with Gasteiger partial charge < -0.3 is 5.32 Å². The summed E-state index contributed by atoms with van der Waals surface area (Å²) in [6.07, 6.45) is 1.48. The van der Waals surface area contributed by atoms with Crippen LogP contribution in [-0.4, -0.2) is 65.1 Å². The summed E-state index contributed by atoms with van der Waals surface area (Å²) >= 11 is 0. The fourth-order valence-electron chi connectivity index (χ4n) is 4.70. The van der Waals surface area contributed by atoms with E-state index in [-0.39, 0.29) is 18.7 Å². The Balaban J connectivity index is 1.34. The summed E-state index contributed by atoms with van der Waals surface area (Å²) < 4.78 is 0. The second kappa shape index (κ2) is 6.49. The Kier molecular flexibility index (Phi) is 4.06. The normalized spacial score (nSPS) is 30.0. The predicted octanol–water partition coefficient (Wildman–Crippen LogP) is -0.118. The van der Waals surface area contributed by atoms with Gasteiger partial charge in [0, 0.05) is 25.6 Å². The van der Waals surface area contributed by atoms with Crippen LogP contribution in [0.25, 0.3) is 0 Å². The number of amides is 4. The molecule has 2 N–H and O–H groups in total. The molecule has 0 spiro atoms. The number of rotatable bonds is 3. The Morgan fingerprint density at radius 3 is 2.57 bits per heavy atom. The molecule has 4 aliphatic heterocycles. The Labute approximate surface area is 162 Å². The number of fused-ring (bicyclic) bond motifs is 2. The molecular formula is C20H22N4O4. The van der Waals surface area contributed by atoms with Crippen molar-refractivity contribution in [2.75, 3.05) is 19.6 Å². The van der Waals surface area contributed by atoms with Crippen molar-refractivity contribution >= 4 is 23.6 Å². The van der Waals surface area contributed by atoms with Crippen LogP contribution in [0.5, 0.6) is 0 Å². The third-order valence-corrected chi connectivity index (χ3v) is 6.39. The molecule has 8 heteroatoms. The highest BCUT2D eigenvalue weighted by atomic mass is 16.2. The average Bonchev–Trinajstić information content (AvgIpc) is 2.88. The molecule has 28 heavy (non-hydrogen) atoms. The smallest absolute Gasteiger partial charge is 0.262 e. The van der Waals surface area contributed by atoms with Crippen LogP contribution in [0.4, 0.5) is 0 Å². The summed E-state index contributed by atoms with van der Waals surface area (Å²) in [5.74, 6) is -1.07. The first kappa shape index (κ1) is 17.5. The lowest BCUT2D eigenvalue weighted by atomic mass is 9.85. The van der Waals surface area contributed by atoms with Crippen LogP contribution in [0.2, 0.25) is 0 Å². The Hall–Kier alpha value is -2.58. The van der Waals surface area contributed by atoms with E-state index in [4.69, 9.17) is 0 Å². The molecular weight excluding hydrogens is 360 g/mol. The molecule has 4 aliphatic rings. The first-order chi connectivity index (χ1) is 13.5. The van der Waals surface area contributed by atoms with Gasteiger partial charge in [-0.3, -0.25) is 34.3 Å². The van der Waals surface area contributed by atoms with Crippen LogP contribution in [0.3, 0.4) is 0 Å². The first-order valence-corrected chi connectivity index (χ1v) is 9.81. The molecule has 4 amide bonds. The van der Waals surface area contributed by atoms with Crippen LogP contribution >= 0.6 is 0 Å². The van der Waals surface area contributed by atoms with E-state index in [1.807, 2.05) is 6.07 Å². The van der Waals surface area contributed by atoms with Gasteiger partial charge in [-0.2, -0.15) is 0 Å². The van der Waals surface area contributed by atoms with Gasteiger partial charge in [0.25, 0.3) is 11.8 Å². The van der Waals surface area contributed by atoms with E-state index in [9.17, 15) is 19.2 Å². The van der Waals surface area contributed by atoms with Crippen LogP contribution < -0.4 is 10.6 Å². The van der Waals surface area contributed by atoms with E-state index < -0.39 is 23.8 Å². The summed E-state index contributed by atoms with van der Waals surface area (Å²) in [4.78, 5) is 52.5. The molecule has 0 aromatic heterocycles. The third kappa shape index (κ3) is 2.75. The van der Waals surface area contributed by atoms with Crippen molar-refractivity contribution in [1.29, 1.82) is 0 Å². The van der Waals surface area contributed by atoms with Gasteiger partial charge in [0.05, 0.1) is 11.1 Å². The fraction of sp³-hybridized carbons (Fsp3) is 0.500. The lowest BCUT2D eigenvalue weighted by molar-refractivity contribution is -0.136. The molecule has 3 atom stereocenters. The van der Waals surface area contributed by atoms with Gasteiger partial charge in [0.1, 0.15) is 6.04 Å². The highest BCUT2D eigenvalue weighted by molar-refractivity contribution is 6.23. The van der Waals surface area contributed by atoms with Crippen LogP contribution in [0.15, 0.2) is 18.2 Å². The number of carbonyl (C=O) groups excluding carboxylic acids is 4. The van der Waals surface area contributed by atoms with Crippen molar-refractivity contribution in [3.8, 4) is 0 Å². The van der Waals surface area contributed by atoms with Gasteiger partial charge in [0.2, 0.25) is 11.8 Å². The lowest BCUT2D eigenvalue weighted by Crippen LogP contribution is -2.61. The quantitative estimate of drug-likeness (QED) is 0.708. The maximum atomic E-state index is 12.9. The summed E-state index contributed by atoms with van der Waals surface area (Å²) in [5, 5.41) is 5.67. The van der Waals surface area contributed by atoms with Gasteiger partial charge in [-0.25, -0.2) is 0 Å². The van der Waals surface area contributed by atoms with Crippen molar-refractivity contribution in [2.45, 2.75) is 37.9 Å². The maximum absolute atomic E-state index is 12.9. The molecule has 5 rings (SSSR count). The zero-order chi connectivity index (χ0) is 19.4. The molecule has 8 nitrogen and oxygen atoms in total. The minimum atomic E-state index is -0.919. The third-order valence-electron chi connectivity index (χ3n) is 6.39. The molecule has 3 unspecified atom stereocenters. The molecule has 0 bridgehead atoms. The molecule has 1 aromatic carbocycles. The molecule has 0 radical (unpaired) electrons. The predicted molar refractivity (Wildman–Crippen MR) is 98.3 cm³/mol. The maximum Gasteiger partial charge on any atom is 0.262 e. The zero-order valence-corrected chi connectivity index (χ0v) is 15.4. The first-order valence-electron chi connectivity index (χ1n) is 9.81. The van der Waals surface area contributed by atoms with E-state index in [2.05, 4.69) is 15.5 Å². The van der Waals surface area contributed by atoms with Gasteiger partial charge in [-0.15, -0.1) is 0 Å². The van der Waals surface area contributed by atoms with Crippen LogP contribution in [-0.2, 0) is 16.1 Å². The number of imide groups is 2. The highest BCUT2D eigenvalue weighted by Gasteiger charge is 2.44. The van der Waals surface area contributed by atoms with E-state index in [0.29, 0.717) is 17.2 Å². The number of piperidine rings is 2. The number of nitrogens with zero attached hydrogens (tertiary/aromatic N) is 2. The van der Waals surface area contributed by atoms with Gasteiger partial charge in [-0.1, -0.05) is 6.07 Å². The number of likely N-dealkylation sites (tertiary alicyclic amines) is 1. The molecule has 3 fully saturated rings. The highest BCUT2D eigenvalue weighted by Crippen LogP contribution is 2.30. The Bertz CT molecular complexity index is 898.